The Hall–Kier alpha value is -1.76. The van der Waals surface area contributed by atoms with E-state index in [-0.39, 0.29) is 5.69 Å². The minimum atomic E-state index is -5.10. The van der Waals surface area contributed by atoms with Gasteiger partial charge in [0.2, 0.25) is 0 Å². The van der Waals surface area contributed by atoms with Crippen LogP contribution in [0.3, 0.4) is 0 Å². The summed E-state index contributed by atoms with van der Waals surface area (Å²) in [5, 5.41) is 3.58. The fourth-order valence-corrected chi connectivity index (χ4v) is 0.996. The number of hydrogen-bond acceptors (Lipinski definition) is 2. The molecule has 1 aromatic carbocycles. The average Bonchev–Trinajstić information content (AvgIpc) is 2.20. The fourth-order valence-electron chi connectivity index (χ4n) is 0.870. The van der Waals surface area contributed by atoms with Crippen molar-refractivity contribution in [3.8, 4) is 0 Å². The Morgan fingerprint density at radius 3 is 2.12 bits per heavy atom. The number of carbonyl (C=O) groups excluding carboxylic acids is 2. The molecule has 92 valence electrons. The molecular formula is C9H6ClF3N2O2. The summed E-state index contributed by atoms with van der Waals surface area (Å²) in [7, 11) is 0. The Morgan fingerprint density at radius 1 is 1.12 bits per heavy atom. The van der Waals surface area contributed by atoms with E-state index in [0.29, 0.717) is 5.02 Å². The normalized spacial score (nSPS) is 10.8. The van der Waals surface area contributed by atoms with Crippen LogP contribution in [0, 0.1) is 0 Å². The molecule has 0 heterocycles. The highest BCUT2D eigenvalue weighted by Gasteiger charge is 2.39. The minimum absolute atomic E-state index is 0.210. The van der Waals surface area contributed by atoms with Crippen molar-refractivity contribution in [3.05, 3.63) is 29.3 Å². The standard InChI is InChI=1S/C9H6ClF3N2O2/c10-5-1-3-6(4-2-5)14-8(17)15-7(16)9(11,12)13/h1-4H,(H2,14,15,16,17). The lowest BCUT2D eigenvalue weighted by Gasteiger charge is -2.08. The van der Waals surface area contributed by atoms with Gasteiger partial charge in [0.05, 0.1) is 0 Å². The van der Waals surface area contributed by atoms with Crippen LogP contribution >= 0.6 is 11.6 Å². The summed E-state index contributed by atoms with van der Waals surface area (Å²) >= 11 is 5.56. The number of imide groups is 1. The van der Waals surface area contributed by atoms with E-state index in [0.717, 1.165) is 5.32 Å². The second kappa shape index (κ2) is 5.05. The number of nitrogens with one attached hydrogen (secondary N) is 2. The Kier molecular flexibility index (Phi) is 3.95. The molecule has 0 saturated heterocycles. The number of anilines is 1. The molecule has 0 radical (unpaired) electrons. The van der Waals surface area contributed by atoms with E-state index in [1.54, 1.807) is 0 Å². The lowest BCUT2D eigenvalue weighted by molar-refractivity contribution is -0.172. The van der Waals surface area contributed by atoms with Gasteiger partial charge >= 0.3 is 18.1 Å². The molecule has 0 saturated carbocycles. The smallest absolute Gasteiger partial charge is 0.308 e. The van der Waals surface area contributed by atoms with Gasteiger partial charge in [-0.2, -0.15) is 13.2 Å². The third-order valence-electron chi connectivity index (χ3n) is 1.59. The van der Waals surface area contributed by atoms with Crippen LogP contribution in [0.1, 0.15) is 0 Å². The summed E-state index contributed by atoms with van der Waals surface area (Å²) in [5.74, 6) is -2.33. The lowest BCUT2D eigenvalue weighted by Crippen LogP contribution is -2.42. The van der Waals surface area contributed by atoms with Gasteiger partial charge in [-0.15, -0.1) is 0 Å². The molecule has 0 atom stereocenters. The fraction of sp³-hybridized carbons (Fsp3) is 0.111. The van der Waals surface area contributed by atoms with E-state index >= 15 is 0 Å². The topological polar surface area (TPSA) is 58.2 Å². The van der Waals surface area contributed by atoms with Crippen molar-refractivity contribution in [3.63, 3.8) is 0 Å². The highest BCUT2D eigenvalue weighted by molar-refractivity contribution is 6.30. The van der Waals surface area contributed by atoms with Gasteiger partial charge in [-0.05, 0) is 24.3 Å². The molecule has 17 heavy (non-hydrogen) atoms. The molecule has 0 spiro atoms. The molecule has 0 aliphatic carbocycles. The first-order chi connectivity index (χ1) is 7.79. The first-order valence-electron chi connectivity index (χ1n) is 4.24. The molecule has 1 rings (SSSR count). The van der Waals surface area contributed by atoms with Crippen LogP contribution in [-0.4, -0.2) is 18.1 Å². The molecule has 0 fully saturated rings. The molecule has 0 unspecified atom stereocenters. The summed E-state index contributed by atoms with van der Waals surface area (Å²) in [4.78, 5) is 21.4. The van der Waals surface area contributed by atoms with Crippen LogP contribution in [0.2, 0.25) is 5.02 Å². The summed E-state index contributed by atoms with van der Waals surface area (Å²) in [5.41, 5.74) is 0.210. The van der Waals surface area contributed by atoms with Gasteiger partial charge in [-0.3, -0.25) is 10.1 Å². The largest absolute Gasteiger partial charge is 0.471 e. The van der Waals surface area contributed by atoms with Gasteiger partial charge in [0.15, 0.2) is 0 Å². The maximum Gasteiger partial charge on any atom is 0.471 e. The lowest BCUT2D eigenvalue weighted by atomic mass is 10.3. The molecule has 0 aliphatic rings. The van der Waals surface area contributed by atoms with Crippen molar-refractivity contribution in [2.24, 2.45) is 0 Å². The van der Waals surface area contributed by atoms with Gasteiger partial charge in [-0.1, -0.05) is 11.6 Å². The van der Waals surface area contributed by atoms with Crippen molar-refractivity contribution in [2.75, 3.05) is 5.32 Å². The van der Waals surface area contributed by atoms with Gasteiger partial charge in [0, 0.05) is 10.7 Å². The van der Waals surface area contributed by atoms with Crippen molar-refractivity contribution in [2.45, 2.75) is 6.18 Å². The summed E-state index contributed by atoms with van der Waals surface area (Å²) in [6.07, 6.45) is -5.10. The van der Waals surface area contributed by atoms with E-state index < -0.39 is 18.1 Å². The maximum absolute atomic E-state index is 11.8. The first kappa shape index (κ1) is 13.3. The van der Waals surface area contributed by atoms with Crippen LogP contribution < -0.4 is 10.6 Å². The third kappa shape index (κ3) is 4.31. The number of alkyl halides is 3. The molecule has 4 nitrogen and oxygen atoms in total. The Balaban J connectivity index is 2.56. The molecule has 0 aromatic heterocycles. The molecule has 3 amide bonds. The van der Waals surface area contributed by atoms with Gasteiger partial charge < -0.3 is 5.32 Å². The quantitative estimate of drug-likeness (QED) is 0.821. The Morgan fingerprint density at radius 2 is 1.65 bits per heavy atom. The van der Waals surface area contributed by atoms with E-state index in [1.807, 2.05) is 5.32 Å². The summed E-state index contributed by atoms with van der Waals surface area (Å²) < 4.78 is 35.4. The second-order valence-electron chi connectivity index (χ2n) is 2.91. The number of halogens is 4. The zero-order valence-corrected chi connectivity index (χ0v) is 8.89. The highest BCUT2D eigenvalue weighted by Crippen LogP contribution is 2.15. The molecule has 2 N–H and O–H groups in total. The number of urea groups is 1. The van der Waals surface area contributed by atoms with Gasteiger partial charge in [0.1, 0.15) is 0 Å². The Bertz CT molecular complexity index is 431. The summed E-state index contributed by atoms with van der Waals surface area (Å²) in [6.45, 7) is 0. The van der Waals surface area contributed by atoms with Crippen LogP contribution in [-0.2, 0) is 4.79 Å². The zero-order chi connectivity index (χ0) is 13.1. The van der Waals surface area contributed by atoms with Crippen LogP contribution in [0.25, 0.3) is 0 Å². The van der Waals surface area contributed by atoms with Crippen molar-refractivity contribution < 1.29 is 22.8 Å². The van der Waals surface area contributed by atoms with Gasteiger partial charge in [-0.25, -0.2) is 4.79 Å². The van der Waals surface area contributed by atoms with Gasteiger partial charge in [0.25, 0.3) is 0 Å². The van der Waals surface area contributed by atoms with Crippen LogP contribution in [0.5, 0.6) is 0 Å². The maximum atomic E-state index is 11.8. The molecule has 0 bridgehead atoms. The van der Waals surface area contributed by atoms with Crippen molar-refractivity contribution in [1.29, 1.82) is 0 Å². The summed E-state index contributed by atoms with van der Waals surface area (Å²) in [6, 6.07) is 4.35. The van der Waals surface area contributed by atoms with E-state index in [1.165, 1.54) is 24.3 Å². The predicted molar refractivity (Wildman–Crippen MR) is 54.7 cm³/mol. The SMILES string of the molecule is O=C(NC(=O)C(F)(F)F)Nc1ccc(Cl)cc1. The highest BCUT2D eigenvalue weighted by atomic mass is 35.5. The number of hydrogen-bond donors (Lipinski definition) is 2. The molecule has 8 heteroatoms. The first-order valence-corrected chi connectivity index (χ1v) is 4.61. The zero-order valence-electron chi connectivity index (χ0n) is 8.14. The minimum Gasteiger partial charge on any atom is -0.308 e. The van der Waals surface area contributed by atoms with Crippen molar-refractivity contribution in [1.82, 2.24) is 5.32 Å². The average molecular weight is 267 g/mol. The monoisotopic (exact) mass is 266 g/mol. The predicted octanol–water partition coefficient (Wildman–Crippen LogP) is 2.55. The molecule has 1 aromatic rings. The Labute approximate surface area is 98.7 Å². The number of rotatable bonds is 1. The van der Waals surface area contributed by atoms with E-state index in [4.69, 9.17) is 11.6 Å². The van der Waals surface area contributed by atoms with Crippen molar-refractivity contribution >= 4 is 29.2 Å². The number of carbonyl (C=O) groups is 2. The number of amides is 3. The van der Waals surface area contributed by atoms with E-state index in [2.05, 4.69) is 0 Å². The van der Waals surface area contributed by atoms with Crippen LogP contribution in [0.4, 0.5) is 23.7 Å². The molecule has 0 aliphatic heterocycles. The van der Waals surface area contributed by atoms with E-state index in [9.17, 15) is 22.8 Å². The molecular weight excluding hydrogens is 261 g/mol. The second-order valence-corrected chi connectivity index (χ2v) is 3.35. The number of benzene rings is 1. The van der Waals surface area contributed by atoms with Crippen LogP contribution in [0.15, 0.2) is 24.3 Å². The third-order valence-corrected chi connectivity index (χ3v) is 1.84.